The molecule has 0 fully saturated rings. The van der Waals surface area contributed by atoms with Crippen LogP contribution in [-0.4, -0.2) is 25.9 Å². The Morgan fingerprint density at radius 2 is 2.12 bits per heavy atom. The van der Waals surface area contributed by atoms with Gasteiger partial charge in [0.15, 0.2) is 0 Å². The minimum Gasteiger partial charge on any atom is -0.495 e. The Morgan fingerprint density at radius 1 is 1.38 bits per heavy atom. The van der Waals surface area contributed by atoms with Gasteiger partial charge >= 0.3 is 0 Å². The maximum Gasteiger partial charge on any atom is 0.142 e. The summed E-state index contributed by atoms with van der Waals surface area (Å²) in [6, 6.07) is 5.42. The molecule has 0 heterocycles. The largest absolute Gasteiger partial charge is 0.495 e. The van der Waals surface area contributed by atoms with E-state index in [1.807, 2.05) is 12.1 Å². The third-order valence-corrected chi connectivity index (χ3v) is 2.50. The van der Waals surface area contributed by atoms with Gasteiger partial charge in [0, 0.05) is 19.3 Å². The quantitative estimate of drug-likeness (QED) is 0.571. The number of benzene rings is 1. The van der Waals surface area contributed by atoms with Gasteiger partial charge in [-0.2, -0.15) is 0 Å². The molecule has 0 spiro atoms. The molecule has 3 N–H and O–H groups in total. The number of anilines is 1. The van der Waals surface area contributed by atoms with Crippen LogP contribution in [0.5, 0.6) is 5.75 Å². The zero-order valence-corrected chi connectivity index (χ0v) is 9.77. The third kappa shape index (κ3) is 3.12. The van der Waals surface area contributed by atoms with Crippen molar-refractivity contribution in [2.45, 2.75) is 18.9 Å². The minimum atomic E-state index is -0.565. The minimum absolute atomic E-state index is 0.509. The second-order valence-electron chi connectivity index (χ2n) is 3.61. The summed E-state index contributed by atoms with van der Waals surface area (Å²) >= 11 is 0. The van der Waals surface area contributed by atoms with Gasteiger partial charge in [-0.15, -0.1) is 0 Å². The maximum atomic E-state index is 9.96. The molecular weight excluding hydrogens is 206 g/mol. The lowest BCUT2D eigenvalue weighted by Gasteiger charge is -2.15. The molecule has 0 amide bonds. The number of aliphatic hydroxyl groups is 1. The molecule has 0 aliphatic rings. The van der Waals surface area contributed by atoms with Crippen LogP contribution in [0.3, 0.4) is 0 Å². The Bertz CT molecular complexity index is 328. The standard InChI is InChI=1S/C12H19NO3/c1-15-8-4-6-10(14)9-5-3-7-11(16-2)12(9)13/h3,5,7,10,14H,4,6,8,13H2,1-2H3. The molecule has 0 aliphatic heterocycles. The normalized spacial score (nSPS) is 12.4. The molecule has 1 atom stereocenters. The Hall–Kier alpha value is -1.26. The fraction of sp³-hybridized carbons (Fsp3) is 0.500. The van der Waals surface area contributed by atoms with Crippen LogP contribution in [0.1, 0.15) is 24.5 Å². The van der Waals surface area contributed by atoms with Crippen molar-refractivity contribution in [1.29, 1.82) is 0 Å². The molecule has 16 heavy (non-hydrogen) atoms. The fourth-order valence-corrected chi connectivity index (χ4v) is 1.61. The third-order valence-electron chi connectivity index (χ3n) is 2.50. The SMILES string of the molecule is COCCCC(O)c1cccc(OC)c1N. The number of para-hydroxylation sites is 1. The lowest BCUT2D eigenvalue weighted by molar-refractivity contribution is 0.136. The second kappa shape index (κ2) is 6.35. The maximum absolute atomic E-state index is 9.96. The Labute approximate surface area is 96.0 Å². The molecule has 90 valence electrons. The Kier molecular flexibility index (Phi) is 5.08. The van der Waals surface area contributed by atoms with E-state index in [0.717, 1.165) is 12.0 Å². The Balaban J connectivity index is 2.71. The average Bonchev–Trinajstić information content (AvgIpc) is 2.29. The summed E-state index contributed by atoms with van der Waals surface area (Å²) < 4.78 is 10.0. The number of nitrogen functional groups attached to an aromatic ring is 1. The van der Waals surface area contributed by atoms with Crippen LogP contribution in [0.15, 0.2) is 18.2 Å². The van der Waals surface area contributed by atoms with E-state index in [4.69, 9.17) is 15.2 Å². The van der Waals surface area contributed by atoms with Crippen molar-refractivity contribution in [2.24, 2.45) is 0 Å². The summed E-state index contributed by atoms with van der Waals surface area (Å²) in [6.45, 7) is 0.640. The summed E-state index contributed by atoms with van der Waals surface area (Å²) in [6.07, 6.45) is 0.866. The molecular formula is C12H19NO3. The molecule has 0 aromatic heterocycles. The first kappa shape index (κ1) is 12.8. The number of hydrogen-bond acceptors (Lipinski definition) is 4. The second-order valence-corrected chi connectivity index (χ2v) is 3.61. The van der Waals surface area contributed by atoms with Gasteiger partial charge in [0.1, 0.15) is 5.75 Å². The Morgan fingerprint density at radius 3 is 2.75 bits per heavy atom. The molecule has 0 bridgehead atoms. The van der Waals surface area contributed by atoms with E-state index in [0.29, 0.717) is 24.5 Å². The van der Waals surface area contributed by atoms with E-state index < -0.39 is 6.10 Å². The van der Waals surface area contributed by atoms with Crippen molar-refractivity contribution in [3.05, 3.63) is 23.8 Å². The van der Waals surface area contributed by atoms with Crippen LogP contribution in [0.2, 0.25) is 0 Å². The van der Waals surface area contributed by atoms with Gasteiger partial charge in [0.05, 0.1) is 18.9 Å². The summed E-state index contributed by atoms with van der Waals surface area (Å²) in [5.41, 5.74) is 7.11. The topological polar surface area (TPSA) is 64.7 Å². The van der Waals surface area contributed by atoms with Crippen LogP contribution in [-0.2, 0) is 4.74 Å². The molecule has 0 saturated carbocycles. The first-order valence-electron chi connectivity index (χ1n) is 5.30. The summed E-state index contributed by atoms with van der Waals surface area (Å²) in [4.78, 5) is 0. The van der Waals surface area contributed by atoms with Crippen molar-refractivity contribution in [3.8, 4) is 5.75 Å². The van der Waals surface area contributed by atoms with Gasteiger partial charge in [-0.3, -0.25) is 0 Å². The number of nitrogens with two attached hydrogens (primary N) is 1. The number of aliphatic hydroxyl groups excluding tert-OH is 1. The highest BCUT2D eigenvalue weighted by atomic mass is 16.5. The van der Waals surface area contributed by atoms with E-state index in [1.165, 1.54) is 0 Å². The predicted molar refractivity (Wildman–Crippen MR) is 63.5 cm³/mol. The van der Waals surface area contributed by atoms with Crippen LogP contribution < -0.4 is 10.5 Å². The van der Waals surface area contributed by atoms with E-state index in [1.54, 1.807) is 20.3 Å². The monoisotopic (exact) mass is 225 g/mol. The highest BCUT2D eigenvalue weighted by molar-refractivity contribution is 5.59. The highest BCUT2D eigenvalue weighted by Crippen LogP contribution is 2.31. The van der Waals surface area contributed by atoms with Crippen LogP contribution in [0.4, 0.5) is 5.69 Å². The van der Waals surface area contributed by atoms with Crippen molar-refractivity contribution in [1.82, 2.24) is 0 Å². The lowest BCUT2D eigenvalue weighted by atomic mass is 10.0. The van der Waals surface area contributed by atoms with Crippen LogP contribution >= 0.6 is 0 Å². The molecule has 4 heteroatoms. The number of rotatable bonds is 6. The van der Waals surface area contributed by atoms with Crippen molar-refractivity contribution < 1.29 is 14.6 Å². The van der Waals surface area contributed by atoms with Crippen molar-refractivity contribution in [2.75, 3.05) is 26.6 Å². The van der Waals surface area contributed by atoms with E-state index in [9.17, 15) is 5.11 Å². The zero-order chi connectivity index (χ0) is 12.0. The zero-order valence-electron chi connectivity index (χ0n) is 9.77. The number of hydrogen-bond donors (Lipinski definition) is 2. The van der Waals surface area contributed by atoms with Gasteiger partial charge in [-0.1, -0.05) is 12.1 Å². The van der Waals surface area contributed by atoms with E-state index >= 15 is 0 Å². The first-order chi connectivity index (χ1) is 7.70. The van der Waals surface area contributed by atoms with Crippen molar-refractivity contribution in [3.63, 3.8) is 0 Å². The molecule has 4 nitrogen and oxygen atoms in total. The number of methoxy groups -OCH3 is 2. The van der Waals surface area contributed by atoms with Crippen LogP contribution in [0, 0.1) is 0 Å². The first-order valence-corrected chi connectivity index (χ1v) is 5.30. The fourth-order valence-electron chi connectivity index (χ4n) is 1.61. The van der Waals surface area contributed by atoms with E-state index in [-0.39, 0.29) is 0 Å². The van der Waals surface area contributed by atoms with Gasteiger partial charge in [-0.25, -0.2) is 0 Å². The summed E-state index contributed by atoms with van der Waals surface area (Å²) in [7, 11) is 3.21. The molecule has 0 saturated heterocycles. The predicted octanol–water partition coefficient (Wildman–Crippen LogP) is 1.74. The van der Waals surface area contributed by atoms with Gasteiger partial charge < -0.3 is 20.3 Å². The van der Waals surface area contributed by atoms with Gasteiger partial charge in [0.2, 0.25) is 0 Å². The molecule has 1 aromatic rings. The number of ether oxygens (including phenoxy) is 2. The van der Waals surface area contributed by atoms with Crippen LogP contribution in [0.25, 0.3) is 0 Å². The van der Waals surface area contributed by atoms with E-state index in [2.05, 4.69) is 0 Å². The summed E-state index contributed by atoms with van der Waals surface area (Å²) in [5, 5.41) is 9.96. The molecule has 1 aromatic carbocycles. The smallest absolute Gasteiger partial charge is 0.142 e. The molecule has 0 aliphatic carbocycles. The summed E-state index contributed by atoms with van der Waals surface area (Å²) in [5.74, 6) is 0.600. The van der Waals surface area contributed by atoms with Gasteiger partial charge in [0.25, 0.3) is 0 Å². The van der Waals surface area contributed by atoms with Crippen molar-refractivity contribution >= 4 is 5.69 Å². The van der Waals surface area contributed by atoms with Gasteiger partial charge in [-0.05, 0) is 18.9 Å². The average molecular weight is 225 g/mol. The highest BCUT2D eigenvalue weighted by Gasteiger charge is 2.13. The molecule has 1 rings (SSSR count). The molecule has 0 radical (unpaired) electrons. The molecule has 1 unspecified atom stereocenters. The lowest BCUT2D eigenvalue weighted by Crippen LogP contribution is -2.05.